The predicted molar refractivity (Wildman–Crippen MR) is 148 cm³/mol. The van der Waals surface area contributed by atoms with Gasteiger partial charge in [-0.05, 0) is 46.7 Å². The zero-order valence-corrected chi connectivity index (χ0v) is 21.4. The van der Waals surface area contributed by atoms with Gasteiger partial charge < -0.3 is 15.6 Å². The quantitative estimate of drug-likeness (QED) is 0.245. The maximum Gasteiger partial charge on any atom is 0.166 e. The zero-order valence-electron chi connectivity index (χ0n) is 21.4. The molecule has 0 aliphatic rings. The minimum absolute atomic E-state index is 0.0249. The molecule has 4 rings (SSSR count). The predicted octanol–water partition coefficient (Wildman–Crippen LogP) is 5.61. The highest BCUT2D eigenvalue weighted by Gasteiger charge is 2.32. The maximum absolute atomic E-state index is 14.9. The van der Waals surface area contributed by atoms with Crippen LogP contribution >= 0.6 is 0 Å². The van der Waals surface area contributed by atoms with Gasteiger partial charge in [-0.15, -0.1) is 0 Å². The molecule has 4 nitrogen and oxygen atoms in total. The highest BCUT2D eigenvalue weighted by molar-refractivity contribution is 5.87. The Balaban J connectivity index is 1.69. The van der Waals surface area contributed by atoms with Crippen LogP contribution in [0.2, 0.25) is 0 Å². The van der Waals surface area contributed by atoms with Crippen molar-refractivity contribution in [1.82, 2.24) is 0 Å². The molecule has 4 aromatic carbocycles. The molecule has 0 fully saturated rings. The molecule has 38 heavy (non-hydrogen) atoms. The summed E-state index contributed by atoms with van der Waals surface area (Å²) in [5, 5.41) is 9.31. The van der Waals surface area contributed by atoms with Crippen molar-refractivity contribution in [3.05, 3.63) is 143 Å². The number of halogens is 1. The lowest BCUT2D eigenvalue weighted by Crippen LogP contribution is -2.33. The van der Waals surface area contributed by atoms with E-state index in [0.717, 1.165) is 16.7 Å². The highest BCUT2D eigenvalue weighted by atomic mass is 19.1. The minimum atomic E-state index is -0.796. The van der Waals surface area contributed by atoms with Gasteiger partial charge >= 0.3 is 0 Å². The molecule has 2 atom stereocenters. The molecule has 0 amide bonds. The third-order valence-corrected chi connectivity index (χ3v) is 6.79. The summed E-state index contributed by atoms with van der Waals surface area (Å²) in [5.41, 5.74) is 9.86. The van der Waals surface area contributed by atoms with Gasteiger partial charge in [0.15, 0.2) is 5.78 Å². The number of ketones is 1. The van der Waals surface area contributed by atoms with Crippen molar-refractivity contribution in [2.75, 3.05) is 6.61 Å². The number of hydrogen-bond acceptors (Lipinski definition) is 4. The molecule has 3 N–H and O–H groups in total. The second-order valence-corrected chi connectivity index (χ2v) is 9.52. The summed E-state index contributed by atoms with van der Waals surface area (Å²) in [6.45, 7) is 0.0999. The fourth-order valence-corrected chi connectivity index (χ4v) is 4.76. The fourth-order valence-electron chi connectivity index (χ4n) is 4.76. The number of hydrogen-bond donors (Lipinski definition) is 2. The monoisotopic (exact) mass is 511 g/mol. The molecule has 0 aliphatic carbocycles. The van der Waals surface area contributed by atoms with Crippen LogP contribution < -0.4 is 5.73 Å². The largest absolute Gasteiger partial charge is 0.395 e. The van der Waals surface area contributed by atoms with Crippen LogP contribution in [0.25, 0.3) is 0 Å². The minimum Gasteiger partial charge on any atom is -0.395 e. The first-order valence-electron chi connectivity index (χ1n) is 13.0. The van der Waals surface area contributed by atoms with E-state index in [0.29, 0.717) is 24.0 Å². The molecule has 0 aromatic heterocycles. The average molecular weight is 512 g/mol. The molecule has 0 spiro atoms. The van der Waals surface area contributed by atoms with Crippen LogP contribution in [0.15, 0.2) is 109 Å². The summed E-state index contributed by atoms with van der Waals surface area (Å²) in [6.07, 6.45) is -0.0102. The van der Waals surface area contributed by atoms with Crippen molar-refractivity contribution in [3.63, 3.8) is 0 Å². The maximum atomic E-state index is 14.9. The van der Waals surface area contributed by atoms with Crippen LogP contribution in [0, 0.1) is 5.82 Å². The number of carbonyl (C=O) groups is 1. The Hall–Kier alpha value is -3.64. The smallest absolute Gasteiger partial charge is 0.166 e. The summed E-state index contributed by atoms with van der Waals surface area (Å²) in [6, 6.07) is 33.9. The average Bonchev–Trinajstić information content (AvgIpc) is 2.96. The van der Waals surface area contributed by atoms with E-state index >= 15 is 0 Å². The van der Waals surface area contributed by atoms with E-state index in [1.54, 1.807) is 12.1 Å². The van der Waals surface area contributed by atoms with Crippen LogP contribution in [0.4, 0.5) is 4.39 Å². The second kappa shape index (κ2) is 13.8. The highest BCUT2D eigenvalue weighted by Crippen LogP contribution is 2.32. The number of aliphatic hydroxyl groups is 1. The molecule has 0 saturated carbocycles. The Morgan fingerprint density at radius 3 is 1.97 bits per heavy atom. The van der Waals surface area contributed by atoms with Gasteiger partial charge in [-0.2, -0.15) is 0 Å². The molecule has 5 heteroatoms. The Morgan fingerprint density at radius 1 is 0.816 bits per heavy atom. The van der Waals surface area contributed by atoms with E-state index in [1.807, 2.05) is 91.0 Å². The van der Waals surface area contributed by atoms with E-state index in [9.17, 15) is 14.3 Å². The van der Waals surface area contributed by atoms with Crippen LogP contribution in [0.5, 0.6) is 0 Å². The number of aliphatic hydroxyl groups excluding tert-OH is 1. The van der Waals surface area contributed by atoms with Gasteiger partial charge in [0.05, 0.1) is 13.2 Å². The number of nitrogens with two attached hydrogens (primary N) is 1. The third-order valence-electron chi connectivity index (χ3n) is 6.79. The third kappa shape index (κ3) is 7.23. The molecule has 0 radical (unpaired) electrons. The van der Waals surface area contributed by atoms with Crippen molar-refractivity contribution >= 4 is 5.78 Å². The second-order valence-electron chi connectivity index (χ2n) is 9.52. The summed E-state index contributed by atoms with van der Waals surface area (Å²) < 4.78 is 21.3. The molecule has 0 heterocycles. The van der Waals surface area contributed by atoms with Crippen molar-refractivity contribution in [2.45, 2.75) is 43.9 Å². The number of carbonyl (C=O) groups excluding carboxylic acids is 1. The number of rotatable bonds is 13. The topological polar surface area (TPSA) is 72.5 Å². The van der Waals surface area contributed by atoms with Crippen molar-refractivity contribution in [2.24, 2.45) is 5.73 Å². The Bertz CT molecular complexity index is 1240. The van der Waals surface area contributed by atoms with Gasteiger partial charge in [0.2, 0.25) is 0 Å². The van der Waals surface area contributed by atoms with Gasteiger partial charge in [0.1, 0.15) is 11.9 Å². The Labute approximate surface area is 223 Å². The first kappa shape index (κ1) is 27.4. The molecule has 196 valence electrons. The van der Waals surface area contributed by atoms with Crippen LogP contribution in [-0.4, -0.2) is 29.6 Å². The molecule has 0 bridgehead atoms. The van der Waals surface area contributed by atoms with E-state index in [2.05, 4.69) is 0 Å². The van der Waals surface area contributed by atoms with Crippen LogP contribution in [-0.2, 0) is 29.0 Å². The molecular formula is C33H34FNO3. The SMILES string of the molecule is N[C@H](CO)CCc1c(F)cccc1CC(=O)C(OCc1ccccc1)C(c1ccccc1)c1ccccc1. The van der Waals surface area contributed by atoms with Crippen LogP contribution in [0.1, 0.15) is 40.2 Å². The van der Waals surface area contributed by atoms with Gasteiger partial charge in [0, 0.05) is 18.4 Å². The van der Waals surface area contributed by atoms with E-state index in [-0.39, 0.29) is 37.2 Å². The molecule has 4 aromatic rings. The molecule has 0 aliphatic heterocycles. The lowest BCUT2D eigenvalue weighted by atomic mass is 9.83. The normalized spacial score (nSPS) is 12.8. The molecular weight excluding hydrogens is 477 g/mol. The number of Topliss-reactive ketones (excluding diaryl/α,β-unsaturated/α-hetero) is 1. The summed E-state index contributed by atoms with van der Waals surface area (Å²) in [7, 11) is 0. The molecule has 0 saturated heterocycles. The van der Waals surface area contributed by atoms with E-state index < -0.39 is 12.1 Å². The van der Waals surface area contributed by atoms with E-state index in [4.69, 9.17) is 10.5 Å². The Morgan fingerprint density at radius 2 is 1.39 bits per heavy atom. The van der Waals surface area contributed by atoms with Crippen molar-refractivity contribution < 1.29 is 19.0 Å². The zero-order chi connectivity index (χ0) is 26.7. The summed E-state index contributed by atoms with van der Waals surface area (Å²) in [5.74, 6) is -0.838. The lowest BCUT2D eigenvalue weighted by molar-refractivity contribution is -0.131. The standard InChI is InChI=1S/C33H34FNO3/c34-30-18-10-17-27(29(30)20-19-28(35)22-36)21-31(37)33(38-23-24-11-4-1-5-12-24)32(25-13-6-2-7-14-25)26-15-8-3-9-16-26/h1-18,28,32-33,36H,19-23,35H2/t28-,33?/m0/s1. The van der Waals surface area contributed by atoms with Crippen LogP contribution in [0.3, 0.4) is 0 Å². The molecule has 1 unspecified atom stereocenters. The van der Waals surface area contributed by atoms with E-state index in [1.165, 1.54) is 6.07 Å². The van der Waals surface area contributed by atoms with Crippen molar-refractivity contribution in [1.29, 1.82) is 0 Å². The number of ether oxygens (including phenoxy) is 1. The van der Waals surface area contributed by atoms with Crippen molar-refractivity contribution in [3.8, 4) is 0 Å². The lowest BCUT2D eigenvalue weighted by Gasteiger charge is -2.28. The summed E-state index contributed by atoms with van der Waals surface area (Å²) >= 11 is 0. The number of benzene rings is 4. The Kier molecular flexibility index (Phi) is 9.93. The van der Waals surface area contributed by atoms with Gasteiger partial charge in [-0.25, -0.2) is 4.39 Å². The first-order chi connectivity index (χ1) is 18.6. The fraction of sp³-hybridized carbons (Fsp3) is 0.242. The van der Waals surface area contributed by atoms with Gasteiger partial charge in [-0.1, -0.05) is 103 Å². The van der Waals surface area contributed by atoms with Gasteiger partial charge in [0.25, 0.3) is 0 Å². The van der Waals surface area contributed by atoms with Gasteiger partial charge in [-0.3, -0.25) is 4.79 Å². The summed E-state index contributed by atoms with van der Waals surface area (Å²) in [4.78, 5) is 14.1. The first-order valence-corrected chi connectivity index (χ1v) is 13.0.